The van der Waals surface area contributed by atoms with Crippen LogP contribution in [-0.2, 0) is 23.9 Å². The van der Waals surface area contributed by atoms with Gasteiger partial charge in [-0.1, -0.05) is 24.6 Å². The lowest BCUT2D eigenvalue weighted by Gasteiger charge is -2.62. The summed E-state index contributed by atoms with van der Waals surface area (Å²) < 4.78 is 10.8. The van der Waals surface area contributed by atoms with Crippen LogP contribution in [0, 0.1) is 10.8 Å². The van der Waals surface area contributed by atoms with Gasteiger partial charge in [0.05, 0.1) is 37.7 Å². The molecule has 2 fully saturated rings. The van der Waals surface area contributed by atoms with Crippen molar-refractivity contribution in [3.63, 3.8) is 0 Å². The largest absolute Gasteiger partial charge is 0.480 e. The van der Waals surface area contributed by atoms with Gasteiger partial charge in [-0.2, -0.15) is 0 Å². The molecule has 2 saturated heterocycles. The fourth-order valence-corrected chi connectivity index (χ4v) is 6.76. The van der Waals surface area contributed by atoms with E-state index in [0.717, 1.165) is 0 Å². The van der Waals surface area contributed by atoms with E-state index >= 15 is 0 Å². The number of allylic oxidation sites excluding steroid dienone is 3. The Morgan fingerprint density at radius 1 is 1.23 bits per heavy atom. The number of carboxylic acids is 1. The van der Waals surface area contributed by atoms with Crippen molar-refractivity contribution in [3.05, 3.63) is 54.0 Å². The van der Waals surface area contributed by atoms with Crippen molar-refractivity contribution in [2.45, 2.75) is 50.7 Å². The minimum Gasteiger partial charge on any atom is -0.480 e. The standard InChI is InChI=1S/C29H41N5O6/c1-6-7-12-20(31-2)23-28(26(37)39-4)17-29(27(38)40-5,24(33(23)3)21-13-9-11-16-32-21)19-34(18-28)22(25(35)36)14-8-10-15-30/h6-7,9,11-13,16,22-24H,2,8,10,14-15,17-19,30H2,1,3-5H3,(H,35,36)/b7-6-,20-12-/t22?,23-,24+,28?,29?/m0/s1. The number of fused-ring (bicyclic) bond motifs is 2. The topological polar surface area (TPSA) is 148 Å². The Kier molecular flexibility index (Phi) is 10.3. The number of unbranched alkanes of at least 4 members (excludes halogenated alkanes) is 1. The number of aliphatic carboxylic acids is 1. The molecular weight excluding hydrogens is 514 g/mol. The van der Waals surface area contributed by atoms with Gasteiger partial charge >= 0.3 is 17.9 Å². The van der Waals surface area contributed by atoms with Gasteiger partial charge in [-0.15, -0.1) is 0 Å². The van der Waals surface area contributed by atoms with Crippen molar-refractivity contribution >= 4 is 24.6 Å². The first-order valence-electron chi connectivity index (χ1n) is 13.4. The summed E-state index contributed by atoms with van der Waals surface area (Å²) in [5, 5.41) is 10.3. The first-order valence-corrected chi connectivity index (χ1v) is 13.4. The monoisotopic (exact) mass is 555 g/mol. The quantitative estimate of drug-likeness (QED) is 0.170. The summed E-state index contributed by atoms with van der Waals surface area (Å²) in [6, 6.07) is 3.06. The highest BCUT2D eigenvalue weighted by molar-refractivity contribution is 5.85. The molecular formula is C29H41N5O6. The Morgan fingerprint density at radius 3 is 2.45 bits per heavy atom. The zero-order chi connectivity index (χ0) is 29.5. The van der Waals surface area contributed by atoms with Gasteiger partial charge < -0.3 is 20.3 Å². The number of carbonyl (C=O) groups excluding carboxylic acids is 2. The number of aromatic nitrogens is 1. The smallest absolute Gasteiger partial charge is 0.320 e. The maximum atomic E-state index is 13.9. The van der Waals surface area contributed by atoms with Crippen molar-refractivity contribution in [2.75, 3.05) is 40.9 Å². The van der Waals surface area contributed by atoms with Crippen LogP contribution in [0.5, 0.6) is 0 Å². The van der Waals surface area contributed by atoms with Crippen LogP contribution < -0.4 is 5.73 Å². The number of aliphatic imine (C=N–C) groups is 1. The Bertz CT molecular complexity index is 1140. The molecule has 11 heteroatoms. The molecule has 11 nitrogen and oxygen atoms in total. The van der Waals surface area contributed by atoms with Crippen LogP contribution in [0.4, 0.5) is 0 Å². The molecule has 0 radical (unpaired) electrons. The second kappa shape index (κ2) is 13.3. The van der Waals surface area contributed by atoms with Gasteiger partial charge in [-0.05, 0) is 64.7 Å². The first kappa shape index (κ1) is 31.1. The van der Waals surface area contributed by atoms with E-state index in [1.54, 1.807) is 29.3 Å². The van der Waals surface area contributed by atoms with Crippen molar-refractivity contribution in [1.82, 2.24) is 14.8 Å². The highest BCUT2D eigenvalue weighted by Crippen LogP contribution is 2.59. The van der Waals surface area contributed by atoms with Crippen LogP contribution in [0.2, 0.25) is 0 Å². The number of hydrogen-bond donors (Lipinski definition) is 2. The van der Waals surface area contributed by atoms with Gasteiger partial charge in [0.15, 0.2) is 0 Å². The summed E-state index contributed by atoms with van der Waals surface area (Å²) >= 11 is 0. The number of likely N-dealkylation sites (tertiary alicyclic amines) is 2. The zero-order valence-electron chi connectivity index (χ0n) is 23.8. The second-order valence-electron chi connectivity index (χ2n) is 10.5. The number of carbonyl (C=O) groups is 3. The average molecular weight is 556 g/mol. The van der Waals surface area contributed by atoms with E-state index in [9.17, 15) is 19.5 Å². The van der Waals surface area contributed by atoms with E-state index in [4.69, 9.17) is 15.2 Å². The minimum absolute atomic E-state index is 0.0324. The third-order valence-corrected chi connectivity index (χ3v) is 8.19. The minimum atomic E-state index is -1.38. The third kappa shape index (κ3) is 5.59. The number of hydrogen-bond acceptors (Lipinski definition) is 10. The summed E-state index contributed by atoms with van der Waals surface area (Å²) in [6.07, 6.45) is 8.62. The highest BCUT2D eigenvalue weighted by Gasteiger charge is 2.70. The second-order valence-corrected chi connectivity index (χ2v) is 10.5. The molecule has 3 heterocycles. The number of nitrogens with two attached hydrogens (primary N) is 1. The van der Waals surface area contributed by atoms with Crippen LogP contribution >= 0.6 is 0 Å². The van der Waals surface area contributed by atoms with Gasteiger partial charge in [0.1, 0.15) is 16.9 Å². The number of piperidine rings is 2. The fraction of sp³-hybridized carbons (Fsp3) is 0.552. The molecule has 2 aliphatic rings. The van der Waals surface area contributed by atoms with Gasteiger partial charge in [-0.25, -0.2) is 0 Å². The molecule has 2 aliphatic heterocycles. The van der Waals surface area contributed by atoms with Gasteiger partial charge in [-0.3, -0.25) is 34.2 Å². The van der Waals surface area contributed by atoms with E-state index in [0.29, 0.717) is 37.2 Å². The fourth-order valence-electron chi connectivity index (χ4n) is 6.76. The average Bonchev–Trinajstić information content (AvgIpc) is 2.96. The molecule has 0 aliphatic carbocycles. The lowest BCUT2D eigenvalue weighted by Crippen LogP contribution is -2.74. The van der Waals surface area contributed by atoms with E-state index in [2.05, 4.69) is 16.7 Å². The van der Waals surface area contributed by atoms with Crippen molar-refractivity contribution in [3.8, 4) is 0 Å². The number of rotatable bonds is 12. The van der Waals surface area contributed by atoms with Gasteiger partial charge in [0.2, 0.25) is 0 Å². The Balaban J connectivity index is 2.37. The SMILES string of the molecule is C=N/C(=C\C=C/C)[C@@H]1N(C)[C@H](c2ccccn2)C2(C(=O)OC)CN(C(CCCCN)C(=O)O)CC1(C(=O)OC)C2. The van der Waals surface area contributed by atoms with E-state index < -0.39 is 46.9 Å². The molecule has 40 heavy (non-hydrogen) atoms. The Hall–Kier alpha value is -3.41. The van der Waals surface area contributed by atoms with Crippen molar-refractivity contribution in [1.29, 1.82) is 0 Å². The van der Waals surface area contributed by atoms with Crippen molar-refractivity contribution in [2.24, 2.45) is 21.6 Å². The molecule has 218 valence electrons. The summed E-state index contributed by atoms with van der Waals surface area (Å²) in [4.78, 5) is 53.1. The number of likely N-dealkylation sites (N-methyl/N-ethyl adjacent to an activating group) is 1. The molecule has 0 aromatic carbocycles. The number of nitrogens with zero attached hydrogens (tertiary/aromatic N) is 4. The maximum Gasteiger partial charge on any atom is 0.320 e. The number of esters is 2. The number of carboxylic acid groups (broad SMARTS) is 1. The lowest BCUT2D eigenvalue weighted by atomic mass is 9.55. The zero-order valence-corrected chi connectivity index (χ0v) is 23.8. The molecule has 3 unspecified atom stereocenters. The van der Waals surface area contributed by atoms with E-state index in [1.165, 1.54) is 14.2 Å². The number of ether oxygens (including phenoxy) is 2. The predicted molar refractivity (Wildman–Crippen MR) is 150 cm³/mol. The highest BCUT2D eigenvalue weighted by atomic mass is 16.5. The molecule has 1 aromatic rings. The Morgan fingerprint density at radius 2 is 1.90 bits per heavy atom. The summed E-state index contributed by atoms with van der Waals surface area (Å²) in [5.74, 6) is -2.16. The molecule has 0 saturated carbocycles. The predicted octanol–water partition coefficient (Wildman–Crippen LogP) is 2.20. The summed E-state index contributed by atoms with van der Waals surface area (Å²) in [6.45, 7) is 6.16. The molecule has 3 N–H and O–H groups in total. The van der Waals surface area contributed by atoms with Crippen LogP contribution in [0.3, 0.4) is 0 Å². The molecule has 1 aromatic heterocycles. The molecule has 0 spiro atoms. The van der Waals surface area contributed by atoms with Crippen LogP contribution in [0.15, 0.2) is 53.3 Å². The van der Waals surface area contributed by atoms with Crippen LogP contribution in [-0.4, -0.2) is 97.5 Å². The lowest BCUT2D eigenvalue weighted by molar-refractivity contribution is -0.206. The van der Waals surface area contributed by atoms with E-state index in [-0.39, 0.29) is 19.5 Å². The van der Waals surface area contributed by atoms with Crippen LogP contribution in [0.1, 0.15) is 44.3 Å². The van der Waals surface area contributed by atoms with Gasteiger partial charge in [0.25, 0.3) is 0 Å². The summed E-state index contributed by atoms with van der Waals surface area (Å²) in [5.41, 5.74) is 4.03. The molecule has 3 rings (SSSR count). The molecule has 5 atom stereocenters. The van der Waals surface area contributed by atoms with E-state index in [1.807, 2.05) is 37.1 Å². The van der Waals surface area contributed by atoms with Crippen LogP contribution in [0.25, 0.3) is 0 Å². The van der Waals surface area contributed by atoms with Gasteiger partial charge in [0, 0.05) is 19.3 Å². The summed E-state index contributed by atoms with van der Waals surface area (Å²) in [7, 11) is 4.42. The molecule has 0 amide bonds. The number of pyridine rings is 1. The number of methoxy groups -OCH3 is 2. The molecule has 2 bridgehead atoms. The third-order valence-electron chi connectivity index (χ3n) is 8.19. The first-order chi connectivity index (χ1) is 19.2. The normalized spacial score (nSPS) is 28.2. The Labute approximate surface area is 235 Å². The maximum absolute atomic E-state index is 13.9. The van der Waals surface area contributed by atoms with Crippen molar-refractivity contribution < 1.29 is 29.0 Å².